The number of rotatable bonds is 3. The Morgan fingerprint density at radius 3 is 2.76 bits per heavy atom. The minimum atomic E-state index is -0.0943. The molecule has 0 aliphatic carbocycles. The first-order valence-electron chi connectivity index (χ1n) is 5.69. The maximum Gasteiger partial charge on any atom is 0.161 e. The Labute approximate surface area is 101 Å². The highest BCUT2D eigenvalue weighted by atomic mass is 16.6. The summed E-state index contributed by atoms with van der Waals surface area (Å²) in [7, 11) is 1.94. The first kappa shape index (κ1) is 11.7. The predicted molar refractivity (Wildman–Crippen MR) is 64.0 cm³/mol. The Hall–Kier alpha value is -1.73. The summed E-state index contributed by atoms with van der Waals surface area (Å²) >= 11 is 0. The number of benzene rings is 1. The molecule has 0 radical (unpaired) electrons. The highest BCUT2D eigenvalue weighted by Crippen LogP contribution is 2.31. The second kappa shape index (κ2) is 5.07. The van der Waals surface area contributed by atoms with Crippen LogP contribution in [0, 0.1) is 11.3 Å². The molecule has 0 saturated heterocycles. The molecule has 1 aromatic carbocycles. The SMILES string of the molecule is CC(C#N)N(C)Cc1ccc2c(c1)OCCO2. The minimum Gasteiger partial charge on any atom is -0.486 e. The van der Waals surface area contributed by atoms with E-state index in [1.165, 1.54) is 0 Å². The van der Waals surface area contributed by atoms with Gasteiger partial charge in [-0.3, -0.25) is 4.90 Å². The van der Waals surface area contributed by atoms with E-state index in [1.54, 1.807) is 0 Å². The molecule has 0 aromatic heterocycles. The van der Waals surface area contributed by atoms with Crippen LogP contribution in [0.15, 0.2) is 18.2 Å². The van der Waals surface area contributed by atoms with Gasteiger partial charge in [-0.1, -0.05) is 6.07 Å². The average molecular weight is 232 g/mol. The number of ether oxygens (including phenoxy) is 2. The van der Waals surface area contributed by atoms with E-state index in [-0.39, 0.29) is 6.04 Å². The molecule has 1 unspecified atom stereocenters. The quantitative estimate of drug-likeness (QED) is 0.797. The van der Waals surface area contributed by atoms with Gasteiger partial charge in [-0.05, 0) is 31.7 Å². The molecular weight excluding hydrogens is 216 g/mol. The van der Waals surface area contributed by atoms with E-state index in [2.05, 4.69) is 6.07 Å². The van der Waals surface area contributed by atoms with E-state index in [9.17, 15) is 0 Å². The zero-order valence-corrected chi connectivity index (χ0v) is 10.1. The van der Waals surface area contributed by atoms with E-state index in [0.29, 0.717) is 13.2 Å². The van der Waals surface area contributed by atoms with Crippen molar-refractivity contribution in [1.29, 1.82) is 5.26 Å². The molecule has 4 heteroatoms. The molecule has 1 atom stereocenters. The van der Waals surface area contributed by atoms with Crippen molar-refractivity contribution in [3.05, 3.63) is 23.8 Å². The highest BCUT2D eigenvalue weighted by molar-refractivity contribution is 5.43. The van der Waals surface area contributed by atoms with Crippen molar-refractivity contribution in [1.82, 2.24) is 4.90 Å². The summed E-state index contributed by atoms with van der Waals surface area (Å²) in [6.45, 7) is 3.82. The highest BCUT2D eigenvalue weighted by Gasteiger charge is 2.13. The second-order valence-corrected chi connectivity index (χ2v) is 4.20. The van der Waals surface area contributed by atoms with E-state index < -0.39 is 0 Å². The van der Waals surface area contributed by atoms with Crippen LogP contribution < -0.4 is 9.47 Å². The van der Waals surface area contributed by atoms with Gasteiger partial charge in [-0.2, -0.15) is 5.26 Å². The number of hydrogen-bond donors (Lipinski definition) is 0. The first-order valence-corrected chi connectivity index (χ1v) is 5.69. The standard InChI is InChI=1S/C13H16N2O2/c1-10(8-14)15(2)9-11-3-4-12-13(7-11)17-6-5-16-12/h3-4,7,10H,5-6,9H2,1-2H3. The molecule has 0 fully saturated rings. The van der Waals surface area contributed by atoms with Gasteiger partial charge in [0.2, 0.25) is 0 Å². The summed E-state index contributed by atoms with van der Waals surface area (Å²) in [6, 6.07) is 8.04. The van der Waals surface area contributed by atoms with E-state index in [4.69, 9.17) is 14.7 Å². The van der Waals surface area contributed by atoms with Gasteiger partial charge in [0, 0.05) is 6.54 Å². The van der Waals surface area contributed by atoms with E-state index in [0.717, 1.165) is 23.6 Å². The van der Waals surface area contributed by atoms with Crippen molar-refractivity contribution in [3.8, 4) is 17.6 Å². The maximum atomic E-state index is 8.84. The van der Waals surface area contributed by atoms with Crippen LogP contribution in [0.2, 0.25) is 0 Å². The molecule has 2 rings (SSSR count). The van der Waals surface area contributed by atoms with Crippen molar-refractivity contribution >= 4 is 0 Å². The van der Waals surface area contributed by atoms with Crippen molar-refractivity contribution in [2.24, 2.45) is 0 Å². The summed E-state index contributed by atoms with van der Waals surface area (Å²) in [5, 5.41) is 8.84. The minimum absolute atomic E-state index is 0.0943. The fraction of sp³-hybridized carbons (Fsp3) is 0.462. The Balaban J connectivity index is 2.10. The summed E-state index contributed by atoms with van der Waals surface area (Å²) < 4.78 is 11.0. The summed E-state index contributed by atoms with van der Waals surface area (Å²) in [6.07, 6.45) is 0. The maximum absolute atomic E-state index is 8.84. The van der Waals surface area contributed by atoms with E-state index in [1.807, 2.05) is 37.1 Å². The van der Waals surface area contributed by atoms with Gasteiger partial charge in [0.05, 0.1) is 12.1 Å². The zero-order chi connectivity index (χ0) is 12.3. The second-order valence-electron chi connectivity index (χ2n) is 4.20. The third-order valence-corrected chi connectivity index (χ3v) is 2.89. The molecule has 1 aliphatic heterocycles. The molecule has 0 amide bonds. The molecule has 1 aliphatic rings. The molecule has 1 heterocycles. The number of fused-ring (bicyclic) bond motifs is 1. The topological polar surface area (TPSA) is 45.5 Å². The Kier molecular flexibility index (Phi) is 3.50. The van der Waals surface area contributed by atoms with Crippen molar-refractivity contribution < 1.29 is 9.47 Å². The van der Waals surface area contributed by atoms with Gasteiger partial charge in [0.15, 0.2) is 11.5 Å². The van der Waals surface area contributed by atoms with Gasteiger partial charge >= 0.3 is 0 Å². The van der Waals surface area contributed by atoms with Crippen LogP contribution in [-0.4, -0.2) is 31.2 Å². The number of hydrogen-bond acceptors (Lipinski definition) is 4. The summed E-state index contributed by atoms with van der Waals surface area (Å²) in [5.74, 6) is 1.60. The van der Waals surface area contributed by atoms with Crippen LogP contribution in [0.4, 0.5) is 0 Å². The lowest BCUT2D eigenvalue weighted by Crippen LogP contribution is -2.27. The van der Waals surface area contributed by atoms with Crippen LogP contribution in [0.3, 0.4) is 0 Å². The van der Waals surface area contributed by atoms with Crippen LogP contribution in [0.25, 0.3) is 0 Å². The van der Waals surface area contributed by atoms with Crippen molar-refractivity contribution in [3.63, 3.8) is 0 Å². The number of nitrogens with zero attached hydrogens (tertiary/aromatic N) is 2. The van der Waals surface area contributed by atoms with Crippen LogP contribution in [0.1, 0.15) is 12.5 Å². The largest absolute Gasteiger partial charge is 0.486 e. The fourth-order valence-corrected chi connectivity index (χ4v) is 1.71. The van der Waals surface area contributed by atoms with Crippen LogP contribution in [0.5, 0.6) is 11.5 Å². The summed E-state index contributed by atoms with van der Waals surface area (Å²) in [5.41, 5.74) is 1.12. The Bertz CT molecular complexity index is 440. The number of nitriles is 1. The molecule has 0 spiro atoms. The van der Waals surface area contributed by atoms with Crippen LogP contribution in [-0.2, 0) is 6.54 Å². The lowest BCUT2D eigenvalue weighted by Gasteiger charge is -2.22. The fourth-order valence-electron chi connectivity index (χ4n) is 1.71. The average Bonchev–Trinajstić information content (AvgIpc) is 2.37. The molecule has 17 heavy (non-hydrogen) atoms. The Morgan fingerprint density at radius 2 is 2.06 bits per heavy atom. The normalized spacial score (nSPS) is 15.4. The Morgan fingerprint density at radius 1 is 1.35 bits per heavy atom. The smallest absolute Gasteiger partial charge is 0.161 e. The molecular formula is C13H16N2O2. The van der Waals surface area contributed by atoms with Crippen molar-refractivity contribution in [2.75, 3.05) is 20.3 Å². The molecule has 1 aromatic rings. The predicted octanol–water partition coefficient (Wildman–Crippen LogP) is 1.80. The first-order chi connectivity index (χ1) is 8.20. The van der Waals surface area contributed by atoms with Crippen LogP contribution >= 0.6 is 0 Å². The van der Waals surface area contributed by atoms with Gasteiger partial charge in [0.1, 0.15) is 13.2 Å². The third kappa shape index (κ3) is 2.69. The van der Waals surface area contributed by atoms with E-state index >= 15 is 0 Å². The zero-order valence-electron chi connectivity index (χ0n) is 10.1. The van der Waals surface area contributed by atoms with Gasteiger partial charge in [-0.25, -0.2) is 0 Å². The van der Waals surface area contributed by atoms with Crippen molar-refractivity contribution in [2.45, 2.75) is 19.5 Å². The van der Waals surface area contributed by atoms with Gasteiger partial charge < -0.3 is 9.47 Å². The molecule has 4 nitrogen and oxygen atoms in total. The molecule has 0 bridgehead atoms. The van der Waals surface area contributed by atoms with Gasteiger partial charge in [-0.15, -0.1) is 0 Å². The molecule has 0 saturated carbocycles. The lowest BCUT2D eigenvalue weighted by atomic mass is 10.1. The van der Waals surface area contributed by atoms with Gasteiger partial charge in [0.25, 0.3) is 0 Å². The summed E-state index contributed by atoms with van der Waals surface area (Å²) in [4.78, 5) is 1.99. The third-order valence-electron chi connectivity index (χ3n) is 2.89. The lowest BCUT2D eigenvalue weighted by molar-refractivity contribution is 0.171. The monoisotopic (exact) mass is 232 g/mol. The molecule has 90 valence electrons. The molecule has 0 N–H and O–H groups in total.